The fourth-order valence-corrected chi connectivity index (χ4v) is 3.99. The highest BCUT2D eigenvalue weighted by molar-refractivity contribution is 9.10. The van der Waals surface area contributed by atoms with Gasteiger partial charge in [-0.05, 0) is 47.8 Å². The minimum absolute atomic E-state index is 0.0574. The normalized spacial score (nSPS) is 16.1. The maximum Gasteiger partial charge on any atom is 0.303 e. The Morgan fingerprint density at radius 1 is 1.53 bits per heavy atom. The van der Waals surface area contributed by atoms with Crippen LogP contribution in [0.15, 0.2) is 22.7 Å². The van der Waals surface area contributed by atoms with E-state index in [-0.39, 0.29) is 5.41 Å². The van der Waals surface area contributed by atoms with Crippen molar-refractivity contribution in [3.63, 3.8) is 0 Å². The summed E-state index contributed by atoms with van der Waals surface area (Å²) in [6.07, 6.45) is 2.40. The van der Waals surface area contributed by atoms with Gasteiger partial charge in [0, 0.05) is 10.2 Å². The van der Waals surface area contributed by atoms with Crippen LogP contribution in [-0.2, 0) is 10.5 Å². The van der Waals surface area contributed by atoms with Gasteiger partial charge in [0.15, 0.2) is 0 Å². The molecule has 104 valence electrons. The fourth-order valence-electron chi connectivity index (χ4n) is 2.04. The van der Waals surface area contributed by atoms with E-state index in [1.165, 1.54) is 5.56 Å². The summed E-state index contributed by atoms with van der Waals surface area (Å²) < 4.78 is 6.29. The number of thioether (sulfide) groups is 1. The van der Waals surface area contributed by atoms with E-state index in [0.29, 0.717) is 6.42 Å². The van der Waals surface area contributed by atoms with Gasteiger partial charge in [0.05, 0.1) is 13.5 Å². The minimum Gasteiger partial charge on any atom is -0.497 e. The van der Waals surface area contributed by atoms with Crippen molar-refractivity contribution < 1.29 is 14.6 Å². The van der Waals surface area contributed by atoms with E-state index in [4.69, 9.17) is 9.84 Å². The van der Waals surface area contributed by atoms with E-state index in [1.54, 1.807) is 18.9 Å². The zero-order valence-electron chi connectivity index (χ0n) is 10.8. The zero-order chi connectivity index (χ0) is 13.9. The predicted molar refractivity (Wildman–Crippen MR) is 80.8 cm³/mol. The molecule has 0 aromatic heterocycles. The van der Waals surface area contributed by atoms with Gasteiger partial charge >= 0.3 is 5.97 Å². The summed E-state index contributed by atoms with van der Waals surface area (Å²) in [5.74, 6) is 1.97. The molecule has 0 unspecified atom stereocenters. The SMILES string of the molecule is COc1ccc(Br)c(CSCC2(CC(=O)O)CC2)c1. The maximum atomic E-state index is 10.8. The number of aliphatic carboxylic acids is 1. The Morgan fingerprint density at radius 2 is 2.26 bits per heavy atom. The third-order valence-corrected chi connectivity index (χ3v) is 5.51. The number of halogens is 1. The van der Waals surface area contributed by atoms with E-state index in [2.05, 4.69) is 15.9 Å². The molecule has 1 aliphatic rings. The Hall–Kier alpha value is -0.680. The first-order chi connectivity index (χ1) is 9.04. The first kappa shape index (κ1) is 14.7. The van der Waals surface area contributed by atoms with Crippen LogP contribution in [0.3, 0.4) is 0 Å². The Kier molecular flexibility index (Phi) is 4.79. The van der Waals surface area contributed by atoms with Gasteiger partial charge in [-0.25, -0.2) is 0 Å². The van der Waals surface area contributed by atoms with Crippen molar-refractivity contribution in [1.82, 2.24) is 0 Å². The molecule has 0 spiro atoms. The van der Waals surface area contributed by atoms with Crippen molar-refractivity contribution in [3.05, 3.63) is 28.2 Å². The number of hydrogen-bond donors (Lipinski definition) is 1. The second kappa shape index (κ2) is 6.18. The van der Waals surface area contributed by atoms with Crippen LogP contribution in [0.1, 0.15) is 24.8 Å². The summed E-state index contributed by atoms with van der Waals surface area (Å²) >= 11 is 5.34. The summed E-state index contributed by atoms with van der Waals surface area (Å²) in [6, 6.07) is 5.93. The summed E-state index contributed by atoms with van der Waals surface area (Å²) in [4.78, 5) is 10.8. The van der Waals surface area contributed by atoms with Gasteiger partial charge in [0.1, 0.15) is 5.75 Å². The average molecular weight is 345 g/mol. The number of carboxylic acids is 1. The summed E-state index contributed by atoms with van der Waals surface area (Å²) in [5, 5.41) is 8.88. The first-order valence-corrected chi connectivity index (χ1v) is 8.11. The molecule has 1 aromatic rings. The van der Waals surface area contributed by atoms with Crippen LogP contribution >= 0.6 is 27.7 Å². The standard InChI is InChI=1S/C14H17BrO3S/c1-18-11-2-3-12(15)10(6-11)8-19-9-14(4-5-14)7-13(16)17/h2-3,6H,4-5,7-9H2,1H3,(H,16,17). The van der Waals surface area contributed by atoms with Crippen LogP contribution in [-0.4, -0.2) is 23.9 Å². The van der Waals surface area contributed by atoms with Crippen molar-refractivity contribution in [3.8, 4) is 5.75 Å². The Labute approximate surface area is 125 Å². The van der Waals surface area contributed by atoms with Gasteiger partial charge < -0.3 is 9.84 Å². The number of methoxy groups -OCH3 is 1. The van der Waals surface area contributed by atoms with Crippen LogP contribution in [0.2, 0.25) is 0 Å². The third-order valence-electron chi connectivity index (χ3n) is 3.40. The second-order valence-corrected chi connectivity index (χ2v) is 6.86. The molecule has 0 atom stereocenters. The lowest BCUT2D eigenvalue weighted by Crippen LogP contribution is -2.11. The second-order valence-electron chi connectivity index (χ2n) is 5.02. The molecule has 19 heavy (non-hydrogen) atoms. The van der Waals surface area contributed by atoms with E-state index >= 15 is 0 Å². The summed E-state index contributed by atoms with van der Waals surface area (Å²) in [7, 11) is 1.66. The highest BCUT2D eigenvalue weighted by Crippen LogP contribution is 2.51. The molecule has 3 nitrogen and oxygen atoms in total. The highest BCUT2D eigenvalue weighted by atomic mass is 79.9. The molecule has 0 amide bonds. The Balaban J connectivity index is 1.87. The predicted octanol–water partition coefficient (Wildman–Crippen LogP) is 3.95. The van der Waals surface area contributed by atoms with Crippen molar-refractivity contribution in [2.24, 2.45) is 5.41 Å². The van der Waals surface area contributed by atoms with E-state index in [9.17, 15) is 4.79 Å². The molecule has 1 N–H and O–H groups in total. The molecule has 0 radical (unpaired) electrons. The molecule has 0 heterocycles. The number of benzene rings is 1. The third kappa shape index (κ3) is 4.14. The molecule has 0 bridgehead atoms. The van der Waals surface area contributed by atoms with E-state index in [0.717, 1.165) is 34.6 Å². The largest absolute Gasteiger partial charge is 0.497 e. The number of carbonyl (C=O) groups is 1. The Morgan fingerprint density at radius 3 is 2.84 bits per heavy atom. The molecule has 2 rings (SSSR count). The van der Waals surface area contributed by atoms with E-state index < -0.39 is 5.97 Å². The zero-order valence-corrected chi connectivity index (χ0v) is 13.2. The number of ether oxygens (including phenoxy) is 1. The quantitative estimate of drug-likeness (QED) is 0.813. The van der Waals surface area contributed by atoms with Crippen LogP contribution in [0, 0.1) is 5.41 Å². The topological polar surface area (TPSA) is 46.5 Å². The van der Waals surface area contributed by atoms with Crippen LogP contribution in [0.5, 0.6) is 5.75 Å². The lowest BCUT2D eigenvalue weighted by Gasteiger charge is -2.12. The summed E-state index contributed by atoms with van der Waals surface area (Å²) in [6.45, 7) is 0. The molecular weight excluding hydrogens is 328 g/mol. The van der Waals surface area contributed by atoms with Crippen LogP contribution in [0.4, 0.5) is 0 Å². The van der Waals surface area contributed by atoms with Crippen molar-refractivity contribution >= 4 is 33.7 Å². The van der Waals surface area contributed by atoms with Crippen molar-refractivity contribution in [2.45, 2.75) is 25.0 Å². The van der Waals surface area contributed by atoms with Gasteiger partial charge in [-0.3, -0.25) is 4.79 Å². The first-order valence-electron chi connectivity index (χ1n) is 6.17. The number of rotatable bonds is 7. The highest BCUT2D eigenvalue weighted by Gasteiger charge is 2.44. The van der Waals surface area contributed by atoms with E-state index in [1.807, 2.05) is 18.2 Å². The van der Waals surface area contributed by atoms with Crippen molar-refractivity contribution in [1.29, 1.82) is 0 Å². The van der Waals surface area contributed by atoms with Gasteiger partial charge in [-0.1, -0.05) is 15.9 Å². The maximum absolute atomic E-state index is 10.8. The molecule has 0 aliphatic heterocycles. The fraction of sp³-hybridized carbons (Fsp3) is 0.500. The monoisotopic (exact) mass is 344 g/mol. The molecule has 1 saturated carbocycles. The molecule has 1 aliphatic carbocycles. The lowest BCUT2D eigenvalue weighted by atomic mass is 10.1. The van der Waals surface area contributed by atoms with Gasteiger partial charge in [0.25, 0.3) is 0 Å². The molecule has 1 fully saturated rings. The summed E-state index contributed by atoms with van der Waals surface area (Å²) in [5.41, 5.74) is 1.25. The molecule has 1 aromatic carbocycles. The Bertz CT molecular complexity index is 472. The van der Waals surface area contributed by atoms with Gasteiger partial charge in [0.2, 0.25) is 0 Å². The van der Waals surface area contributed by atoms with Gasteiger partial charge in [-0.15, -0.1) is 0 Å². The van der Waals surface area contributed by atoms with Crippen molar-refractivity contribution in [2.75, 3.05) is 12.9 Å². The molecular formula is C14H17BrO3S. The van der Waals surface area contributed by atoms with Crippen LogP contribution < -0.4 is 4.74 Å². The minimum atomic E-state index is -0.680. The van der Waals surface area contributed by atoms with Gasteiger partial charge in [-0.2, -0.15) is 11.8 Å². The smallest absolute Gasteiger partial charge is 0.303 e. The molecule has 0 saturated heterocycles. The average Bonchev–Trinajstić information content (AvgIpc) is 3.10. The molecule has 5 heteroatoms. The lowest BCUT2D eigenvalue weighted by molar-refractivity contribution is -0.138. The van der Waals surface area contributed by atoms with Crippen LogP contribution in [0.25, 0.3) is 0 Å². The number of carboxylic acid groups (broad SMARTS) is 1. The number of hydrogen-bond acceptors (Lipinski definition) is 3.